The summed E-state index contributed by atoms with van der Waals surface area (Å²) in [6, 6.07) is 14.2. The second-order valence-electron chi connectivity index (χ2n) is 7.23. The summed E-state index contributed by atoms with van der Waals surface area (Å²) < 4.78 is 5.37. The van der Waals surface area contributed by atoms with Gasteiger partial charge in [0.2, 0.25) is 0 Å². The van der Waals surface area contributed by atoms with Crippen molar-refractivity contribution in [3.05, 3.63) is 54.2 Å². The van der Waals surface area contributed by atoms with E-state index in [1.807, 2.05) is 36.5 Å². The summed E-state index contributed by atoms with van der Waals surface area (Å²) in [7, 11) is 0. The Morgan fingerprint density at radius 2 is 1.93 bits per heavy atom. The van der Waals surface area contributed by atoms with Crippen molar-refractivity contribution in [3.63, 3.8) is 0 Å². The van der Waals surface area contributed by atoms with Crippen LogP contribution in [0.1, 0.15) is 18.4 Å². The number of hydrogen-bond donors (Lipinski definition) is 2. The molecule has 2 N–H and O–H groups in total. The Bertz CT molecular complexity index is 741. The fraction of sp³-hybridized carbons (Fsp3) is 0.429. The molecule has 2 amide bonds. The Morgan fingerprint density at radius 3 is 2.59 bits per heavy atom. The van der Waals surface area contributed by atoms with E-state index >= 15 is 0 Å². The molecular weight excluding hydrogens is 340 g/mol. The molecule has 142 valence electrons. The van der Waals surface area contributed by atoms with Crippen LogP contribution in [-0.2, 0) is 11.2 Å². The maximum absolute atomic E-state index is 12.4. The number of nitrogens with zero attached hydrogens (tertiary/aromatic N) is 2. The highest BCUT2D eigenvalue weighted by Crippen LogP contribution is 2.34. The van der Waals surface area contributed by atoms with E-state index in [0.29, 0.717) is 11.7 Å². The third-order valence-electron chi connectivity index (χ3n) is 5.17. The van der Waals surface area contributed by atoms with Gasteiger partial charge in [0.25, 0.3) is 0 Å². The summed E-state index contributed by atoms with van der Waals surface area (Å²) in [4.78, 5) is 19.1. The SMILES string of the molecule is O=C(Nc1ccc(N2CCOCC2)cn1)NC(Cc1ccccc1)C1CC1. The summed E-state index contributed by atoms with van der Waals surface area (Å²) in [6.07, 6.45) is 5.04. The zero-order valence-electron chi connectivity index (χ0n) is 15.4. The van der Waals surface area contributed by atoms with Crippen LogP contribution < -0.4 is 15.5 Å². The lowest BCUT2D eigenvalue weighted by Gasteiger charge is -2.28. The molecular formula is C21H26N4O2. The number of amides is 2. The molecule has 0 bridgehead atoms. The highest BCUT2D eigenvalue weighted by molar-refractivity contribution is 5.88. The standard InChI is InChI=1S/C21H26N4O2/c26-21(23-19(17-6-7-17)14-16-4-2-1-3-5-16)24-20-9-8-18(15-22-20)25-10-12-27-13-11-25/h1-5,8-9,15,17,19H,6-7,10-14H2,(H2,22,23,24,26). The molecule has 2 aromatic rings. The Kier molecular flexibility index (Phi) is 5.53. The number of benzene rings is 1. The topological polar surface area (TPSA) is 66.5 Å². The summed E-state index contributed by atoms with van der Waals surface area (Å²) in [5.74, 6) is 1.14. The molecule has 1 aliphatic carbocycles. The second kappa shape index (κ2) is 8.39. The van der Waals surface area contributed by atoms with E-state index in [9.17, 15) is 4.79 Å². The molecule has 1 atom stereocenters. The number of urea groups is 1. The minimum Gasteiger partial charge on any atom is -0.378 e. The van der Waals surface area contributed by atoms with Crippen molar-refractivity contribution in [3.8, 4) is 0 Å². The average Bonchev–Trinajstić information content (AvgIpc) is 3.55. The molecule has 1 saturated heterocycles. The van der Waals surface area contributed by atoms with Gasteiger partial charge in [0.15, 0.2) is 0 Å². The Balaban J connectivity index is 1.32. The van der Waals surface area contributed by atoms with Gasteiger partial charge in [-0.3, -0.25) is 5.32 Å². The monoisotopic (exact) mass is 366 g/mol. The lowest BCUT2D eigenvalue weighted by molar-refractivity contribution is 0.122. The number of ether oxygens (including phenoxy) is 1. The van der Waals surface area contributed by atoms with Crippen molar-refractivity contribution < 1.29 is 9.53 Å². The largest absolute Gasteiger partial charge is 0.378 e. The first-order valence-electron chi connectivity index (χ1n) is 9.68. The van der Waals surface area contributed by atoms with Gasteiger partial charge in [0.05, 0.1) is 25.1 Å². The number of carbonyl (C=O) groups excluding carboxylic acids is 1. The quantitative estimate of drug-likeness (QED) is 0.825. The van der Waals surface area contributed by atoms with E-state index in [4.69, 9.17) is 4.74 Å². The zero-order valence-corrected chi connectivity index (χ0v) is 15.4. The van der Waals surface area contributed by atoms with Gasteiger partial charge in [-0.05, 0) is 42.9 Å². The molecule has 4 rings (SSSR count). The molecule has 1 aliphatic heterocycles. The molecule has 6 heteroatoms. The average molecular weight is 366 g/mol. The van der Waals surface area contributed by atoms with Crippen molar-refractivity contribution in [2.24, 2.45) is 5.92 Å². The molecule has 0 radical (unpaired) electrons. The molecule has 2 fully saturated rings. The number of pyridine rings is 1. The van der Waals surface area contributed by atoms with Crippen LogP contribution in [0.3, 0.4) is 0 Å². The summed E-state index contributed by atoms with van der Waals surface area (Å²) in [5.41, 5.74) is 2.31. The van der Waals surface area contributed by atoms with Crippen molar-refractivity contribution in [1.82, 2.24) is 10.3 Å². The smallest absolute Gasteiger partial charge is 0.320 e. The van der Waals surface area contributed by atoms with E-state index in [1.165, 1.54) is 18.4 Å². The van der Waals surface area contributed by atoms with Gasteiger partial charge < -0.3 is 15.0 Å². The van der Waals surface area contributed by atoms with Crippen LogP contribution in [-0.4, -0.2) is 43.4 Å². The number of hydrogen-bond acceptors (Lipinski definition) is 4. The summed E-state index contributed by atoms with van der Waals surface area (Å²) >= 11 is 0. The lowest BCUT2D eigenvalue weighted by Crippen LogP contribution is -2.40. The van der Waals surface area contributed by atoms with Crippen LogP contribution in [0.5, 0.6) is 0 Å². The fourth-order valence-electron chi connectivity index (χ4n) is 3.49. The predicted molar refractivity (Wildman–Crippen MR) is 106 cm³/mol. The maximum atomic E-state index is 12.4. The van der Waals surface area contributed by atoms with Gasteiger partial charge in [-0.2, -0.15) is 0 Å². The minimum atomic E-state index is -0.186. The van der Waals surface area contributed by atoms with Crippen molar-refractivity contribution in [2.75, 3.05) is 36.5 Å². The molecule has 2 aliphatic rings. The van der Waals surface area contributed by atoms with E-state index in [2.05, 4.69) is 32.7 Å². The molecule has 27 heavy (non-hydrogen) atoms. The first kappa shape index (κ1) is 17.8. The van der Waals surface area contributed by atoms with Crippen molar-refractivity contribution >= 4 is 17.5 Å². The molecule has 0 spiro atoms. The third kappa shape index (κ3) is 4.98. The van der Waals surface area contributed by atoms with Crippen LogP contribution in [0, 0.1) is 5.92 Å². The van der Waals surface area contributed by atoms with Crippen LogP contribution >= 0.6 is 0 Å². The number of aromatic nitrogens is 1. The Morgan fingerprint density at radius 1 is 1.15 bits per heavy atom. The second-order valence-corrected chi connectivity index (χ2v) is 7.23. The van der Waals surface area contributed by atoms with Gasteiger partial charge in [-0.25, -0.2) is 9.78 Å². The van der Waals surface area contributed by atoms with Gasteiger partial charge >= 0.3 is 6.03 Å². The minimum absolute atomic E-state index is 0.167. The fourth-order valence-corrected chi connectivity index (χ4v) is 3.49. The number of rotatable bonds is 6. The van der Waals surface area contributed by atoms with Crippen LogP contribution in [0.25, 0.3) is 0 Å². The zero-order chi connectivity index (χ0) is 18.5. The van der Waals surface area contributed by atoms with Crippen LogP contribution in [0.2, 0.25) is 0 Å². The lowest BCUT2D eigenvalue weighted by atomic mass is 10.0. The molecule has 1 unspecified atom stereocenters. The van der Waals surface area contributed by atoms with Crippen LogP contribution in [0.15, 0.2) is 48.7 Å². The maximum Gasteiger partial charge on any atom is 0.320 e. The number of anilines is 2. The summed E-state index contributed by atoms with van der Waals surface area (Å²) in [6.45, 7) is 3.23. The number of nitrogens with one attached hydrogen (secondary N) is 2. The van der Waals surface area contributed by atoms with Gasteiger partial charge in [0, 0.05) is 19.1 Å². The van der Waals surface area contributed by atoms with E-state index in [-0.39, 0.29) is 12.1 Å². The van der Waals surface area contributed by atoms with Crippen molar-refractivity contribution in [2.45, 2.75) is 25.3 Å². The van der Waals surface area contributed by atoms with Crippen LogP contribution in [0.4, 0.5) is 16.3 Å². The highest BCUT2D eigenvalue weighted by Gasteiger charge is 2.32. The molecule has 1 saturated carbocycles. The number of carbonyl (C=O) groups is 1. The molecule has 1 aromatic heterocycles. The van der Waals surface area contributed by atoms with Gasteiger partial charge in [0.1, 0.15) is 5.82 Å². The molecule has 2 heterocycles. The van der Waals surface area contributed by atoms with Gasteiger partial charge in [-0.15, -0.1) is 0 Å². The Hall–Kier alpha value is -2.60. The Labute approximate surface area is 159 Å². The van der Waals surface area contributed by atoms with E-state index < -0.39 is 0 Å². The van der Waals surface area contributed by atoms with Crippen molar-refractivity contribution in [1.29, 1.82) is 0 Å². The predicted octanol–water partition coefficient (Wildman–Crippen LogP) is 3.06. The van der Waals surface area contributed by atoms with E-state index in [1.54, 1.807) is 0 Å². The van der Waals surface area contributed by atoms with E-state index in [0.717, 1.165) is 38.4 Å². The number of morpholine rings is 1. The highest BCUT2D eigenvalue weighted by atomic mass is 16.5. The first-order valence-corrected chi connectivity index (χ1v) is 9.68. The first-order chi connectivity index (χ1) is 13.3. The summed E-state index contributed by atoms with van der Waals surface area (Å²) in [5, 5.41) is 6.00. The van der Waals surface area contributed by atoms with Gasteiger partial charge in [-0.1, -0.05) is 30.3 Å². The molecule has 6 nitrogen and oxygen atoms in total. The molecule has 1 aromatic carbocycles. The third-order valence-corrected chi connectivity index (χ3v) is 5.17. The normalized spacial score (nSPS) is 18.0.